The van der Waals surface area contributed by atoms with Crippen molar-refractivity contribution in [3.05, 3.63) is 147 Å². The molecule has 35 heavy (non-hydrogen) atoms. The predicted octanol–water partition coefficient (Wildman–Crippen LogP) is 8.57. The molecule has 4 aromatic carbocycles. The highest BCUT2D eigenvalue weighted by Crippen LogP contribution is 2.29. The lowest BCUT2D eigenvalue weighted by Crippen LogP contribution is -2.08. The molecular formula is C32H22BrNO. The lowest BCUT2D eigenvalue weighted by Gasteiger charge is -2.13. The summed E-state index contributed by atoms with van der Waals surface area (Å²) in [5.41, 5.74) is 5.69. The van der Waals surface area contributed by atoms with Crippen molar-refractivity contribution >= 4 is 56.9 Å². The minimum atomic E-state index is -0.0491. The number of benzene rings is 4. The van der Waals surface area contributed by atoms with Crippen molar-refractivity contribution in [3.8, 4) is 0 Å². The van der Waals surface area contributed by atoms with E-state index < -0.39 is 0 Å². The average molecular weight is 516 g/mol. The third-order valence-electron chi connectivity index (χ3n) is 5.77. The van der Waals surface area contributed by atoms with Crippen LogP contribution in [0.4, 0.5) is 0 Å². The van der Waals surface area contributed by atoms with Gasteiger partial charge in [0, 0.05) is 15.4 Å². The predicted molar refractivity (Wildman–Crippen MR) is 150 cm³/mol. The first kappa shape index (κ1) is 22.7. The molecule has 168 valence electrons. The van der Waals surface area contributed by atoms with Gasteiger partial charge >= 0.3 is 0 Å². The zero-order valence-corrected chi connectivity index (χ0v) is 20.5. The molecule has 2 nitrogen and oxygen atoms in total. The van der Waals surface area contributed by atoms with Gasteiger partial charge in [-0.05, 0) is 41.0 Å². The first-order valence-electron chi connectivity index (χ1n) is 11.4. The van der Waals surface area contributed by atoms with Crippen LogP contribution in [0.5, 0.6) is 0 Å². The summed E-state index contributed by atoms with van der Waals surface area (Å²) in [7, 11) is 0. The van der Waals surface area contributed by atoms with Gasteiger partial charge in [0.2, 0.25) is 0 Å². The molecule has 0 saturated carbocycles. The summed E-state index contributed by atoms with van der Waals surface area (Å²) < 4.78 is 1.03. The highest BCUT2D eigenvalue weighted by molar-refractivity contribution is 9.10. The van der Waals surface area contributed by atoms with Crippen LogP contribution in [0.1, 0.15) is 38.3 Å². The summed E-state index contributed by atoms with van der Waals surface area (Å²) in [6.07, 6.45) is 8.01. The molecule has 1 heterocycles. The van der Waals surface area contributed by atoms with Gasteiger partial charge in [-0.15, -0.1) is 0 Å². The fourth-order valence-corrected chi connectivity index (χ4v) is 4.28. The van der Waals surface area contributed by atoms with Crippen molar-refractivity contribution in [1.29, 1.82) is 0 Å². The summed E-state index contributed by atoms with van der Waals surface area (Å²) in [4.78, 5) is 18.8. The van der Waals surface area contributed by atoms with Crippen LogP contribution in [-0.2, 0) is 0 Å². The second-order valence-corrected chi connectivity index (χ2v) is 9.04. The number of carbonyl (C=O) groups is 1. The van der Waals surface area contributed by atoms with E-state index in [4.69, 9.17) is 4.98 Å². The number of carbonyl (C=O) groups excluding carboxylic acids is 1. The highest BCUT2D eigenvalue weighted by Gasteiger charge is 2.20. The molecule has 0 aliphatic heterocycles. The van der Waals surface area contributed by atoms with Crippen LogP contribution in [0.15, 0.2) is 114 Å². The number of nitrogens with zero attached hydrogens (tertiary/aromatic N) is 1. The Hall–Kier alpha value is -4.08. The lowest BCUT2D eigenvalue weighted by atomic mass is 9.92. The number of para-hydroxylation sites is 1. The van der Waals surface area contributed by atoms with Crippen LogP contribution in [0, 0.1) is 0 Å². The van der Waals surface area contributed by atoms with E-state index in [0.717, 1.165) is 32.1 Å². The van der Waals surface area contributed by atoms with E-state index in [1.165, 1.54) is 0 Å². The van der Waals surface area contributed by atoms with Crippen LogP contribution in [0.25, 0.3) is 35.2 Å². The Morgan fingerprint density at radius 1 is 0.629 bits per heavy atom. The maximum Gasteiger partial charge on any atom is 0.195 e. The molecule has 0 atom stereocenters. The number of hydrogen-bond donors (Lipinski definition) is 0. The van der Waals surface area contributed by atoms with Gasteiger partial charge in [0.25, 0.3) is 0 Å². The molecule has 3 heteroatoms. The number of rotatable bonds is 6. The van der Waals surface area contributed by atoms with Gasteiger partial charge in [-0.2, -0.15) is 0 Å². The third-order valence-corrected chi connectivity index (χ3v) is 6.30. The summed E-state index contributed by atoms with van der Waals surface area (Å²) in [5, 5.41) is 0.942. The van der Waals surface area contributed by atoms with Crippen molar-refractivity contribution in [2.24, 2.45) is 0 Å². The van der Waals surface area contributed by atoms with Gasteiger partial charge in [-0.1, -0.05) is 125 Å². The minimum absolute atomic E-state index is 0.0491. The van der Waals surface area contributed by atoms with Gasteiger partial charge < -0.3 is 0 Å². The number of aromatic nitrogens is 1. The Balaban J connectivity index is 1.73. The molecule has 0 bridgehead atoms. The van der Waals surface area contributed by atoms with Crippen molar-refractivity contribution < 1.29 is 4.79 Å². The molecule has 1 aromatic heterocycles. The van der Waals surface area contributed by atoms with E-state index >= 15 is 0 Å². The number of fused-ring (bicyclic) bond motifs is 1. The van der Waals surface area contributed by atoms with Crippen molar-refractivity contribution in [2.45, 2.75) is 0 Å². The normalized spacial score (nSPS) is 11.5. The molecule has 5 aromatic rings. The largest absolute Gasteiger partial charge is 0.289 e. The second kappa shape index (κ2) is 10.5. The van der Waals surface area contributed by atoms with Crippen LogP contribution in [0.3, 0.4) is 0 Å². The fraction of sp³-hybridized carbons (Fsp3) is 0. The maximum atomic E-state index is 13.9. The lowest BCUT2D eigenvalue weighted by molar-refractivity contribution is 0.103. The van der Waals surface area contributed by atoms with Gasteiger partial charge in [0.15, 0.2) is 5.78 Å². The number of halogens is 1. The number of ketones is 1. The molecule has 5 rings (SSSR count). The van der Waals surface area contributed by atoms with E-state index in [-0.39, 0.29) is 5.78 Å². The summed E-state index contributed by atoms with van der Waals surface area (Å²) in [6, 6.07) is 35.5. The van der Waals surface area contributed by atoms with Gasteiger partial charge in [0.05, 0.1) is 16.8 Å². The monoisotopic (exact) mass is 515 g/mol. The Morgan fingerprint density at radius 3 is 1.97 bits per heavy atom. The van der Waals surface area contributed by atoms with E-state index in [1.807, 2.05) is 133 Å². The molecule has 0 saturated heterocycles. The SMILES string of the molecule is O=C(c1ccccc1)c1c(/C=C/c2ccccc2)nc2ccccc2c1/C=C/c1ccc(Br)cc1. The highest BCUT2D eigenvalue weighted by atomic mass is 79.9. The third kappa shape index (κ3) is 5.21. The molecule has 0 unspecified atom stereocenters. The van der Waals surface area contributed by atoms with E-state index in [2.05, 4.69) is 15.9 Å². The topological polar surface area (TPSA) is 30.0 Å². The molecule has 0 aliphatic carbocycles. The van der Waals surface area contributed by atoms with E-state index in [0.29, 0.717) is 16.8 Å². The number of hydrogen-bond acceptors (Lipinski definition) is 2. The van der Waals surface area contributed by atoms with Crippen molar-refractivity contribution in [1.82, 2.24) is 4.98 Å². The Morgan fingerprint density at radius 2 is 1.23 bits per heavy atom. The molecule has 0 radical (unpaired) electrons. The zero-order chi connectivity index (χ0) is 24.0. The van der Waals surface area contributed by atoms with Gasteiger partial charge in [-0.25, -0.2) is 4.98 Å². The first-order valence-corrected chi connectivity index (χ1v) is 12.2. The summed E-state index contributed by atoms with van der Waals surface area (Å²) in [6.45, 7) is 0. The molecule has 0 N–H and O–H groups in total. The van der Waals surface area contributed by atoms with Crippen LogP contribution in [-0.4, -0.2) is 10.8 Å². The van der Waals surface area contributed by atoms with E-state index in [1.54, 1.807) is 0 Å². The fourth-order valence-electron chi connectivity index (χ4n) is 4.02. The smallest absolute Gasteiger partial charge is 0.195 e. The van der Waals surface area contributed by atoms with Crippen molar-refractivity contribution in [3.63, 3.8) is 0 Å². The Kier molecular flexibility index (Phi) is 6.78. The second-order valence-electron chi connectivity index (χ2n) is 8.13. The van der Waals surface area contributed by atoms with E-state index in [9.17, 15) is 4.79 Å². The maximum absolute atomic E-state index is 13.9. The quantitative estimate of drug-likeness (QED) is 0.212. The Labute approximate surface area is 213 Å². The minimum Gasteiger partial charge on any atom is -0.289 e. The van der Waals surface area contributed by atoms with Crippen LogP contribution in [0.2, 0.25) is 0 Å². The van der Waals surface area contributed by atoms with Gasteiger partial charge in [0.1, 0.15) is 0 Å². The average Bonchev–Trinajstić information content (AvgIpc) is 2.92. The zero-order valence-electron chi connectivity index (χ0n) is 18.9. The first-order chi connectivity index (χ1) is 17.2. The van der Waals surface area contributed by atoms with Gasteiger partial charge in [-0.3, -0.25) is 4.79 Å². The van der Waals surface area contributed by atoms with Crippen LogP contribution < -0.4 is 0 Å². The Bertz CT molecular complexity index is 1540. The molecular weight excluding hydrogens is 494 g/mol. The molecule has 0 fully saturated rings. The molecule has 0 spiro atoms. The number of pyridine rings is 1. The molecule has 0 amide bonds. The summed E-state index contributed by atoms with van der Waals surface area (Å²) >= 11 is 3.49. The standard InChI is InChI=1S/C32H22BrNO/c33-26-19-15-24(16-20-26)17-21-28-27-13-7-8-14-29(27)34-30(22-18-23-9-3-1-4-10-23)31(28)32(35)25-11-5-2-6-12-25/h1-22H/b21-17+,22-18+. The van der Waals surface area contributed by atoms with Crippen LogP contribution >= 0.6 is 15.9 Å². The summed E-state index contributed by atoms with van der Waals surface area (Å²) in [5.74, 6) is -0.0491. The molecule has 0 aliphatic rings. The van der Waals surface area contributed by atoms with Crippen molar-refractivity contribution in [2.75, 3.05) is 0 Å².